The third kappa shape index (κ3) is 3.22. The van der Waals surface area contributed by atoms with Crippen molar-refractivity contribution in [3.8, 4) is 11.5 Å². The highest BCUT2D eigenvalue weighted by Gasteiger charge is 2.10. The second kappa shape index (κ2) is 6.42. The molecule has 120 valence electrons. The van der Waals surface area contributed by atoms with Crippen LogP contribution in [-0.2, 0) is 6.54 Å². The monoisotopic (exact) mass is 329 g/mol. The van der Waals surface area contributed by atoms with Crippen LogP contribution in [0.2, 0.25) is 0 Å². The van der Waals surface area contributed by atoms with Gasteiger partial charge in [0.2, 0.25) is 0 Å². The number of methoxy groups -OCH3 is 2. The zero-order chi connectivity index (χ0) is 16.4. The van der Waals surface area contributed by atoms with E-state index in [9.17, 15) is 0 Å². The molecule has 0 bridgehead atoms. The van der Waals surface area contributed by atoms with Gasteiger partial charge in [-0.3, -0.25) is 0 Å². The summed E-state index contributed by atoms with van der Waals surface area (Å²) >= 11 is 1.69. The Morgan fingerprint density at radius 2 is 1.83 bits per heavy atom. The zero-order valence-corrected chi connectivity index (χ0v) is 14.5. The Kier molecular flexibility index (Phi) is 4.34. The largest absolute Gasteiger partial charge is 0.493 e. The van der Waals surface area contributed by atoms with Gasteiger partial charge in [-0.25, -0.2) is 9.97 Å². The second-order valence-corrected chi connectivity index (χ2v) is 6.47. The van der Waals surface area contributed by atoms with E-state index in [1.807, 2.05) is 25.1 Å². The van der Waals surface area contributed by atoms with Gasteiger partial charge in [0, 0.05) is 11.4 Å². The number of hydrogen-bond donors (Lipinski definition) is 1. The summed E-state index contributed by atoms with van der Waals surface area (Å²) in [6.45, 7) is 4.65. The Morgan fingerprint density at radius 3 is 2.57 bits per heavy atom. The zero-order valence-electron chi connectivity index (χ0n) is 13.6. The van der Waals surface area contributed by atoms with E-state index in [2.05, 4.69) is 28.3 Å². The fourth-order valence-corrected chi connectivity index (χ4v) is 3.38. The van der Waals surface area contributed by atoms with Crippen LogP contribution in [0.15, 0.2) is 24.3 Å². The second-order valence-electron chi connectivity index (χ2n) is 5.24. The highest BCUT2D eigenvalue weighted by Crippen LogP contribution is 2.30. The summed E-state index contributed by atoms with van der Waals surface area (Å²) in [6.07, 6.45) is 0. The van der Waals surface area contributed by atoms with Crippen LogP contribution < -0.4 is 14.8 Å². The molecular weight excluding hydrogens is 310 g/mol. The molecule has 3 rings (SSSR count). The van der Waals surface area contributed by atoms with Crippen LogP contribution in [0, 0.1) is 13.8 Å². The van der Waals surface area contributed by atoms with Crippen LogP contribution in [0.25, 0.3) is 10.2 Å². The maximum Gasteiger partial charge on any atom is 0.161 e. The lowest BCUT2D eigenvalue weighted by molar-refractivity contribution is 0.354. The van der Waals surface area contributed by atoms with Crippen LogP contribution in [0.4, 0.5) is 5.82 Å². The number of aryl methyl sites for hydroxylation is 2. The Morgan fingerprint density at radius 1 is 1.04 bits per heavy atom. The number of anilines is 1. The first-order valence-electron chi connectivity index (χ1n) is 7.30. The van der Waals surface area contributed by atoms with E-state index in [0.717, 1.165) is 38.9 Å². The summed E-state index contributed by atoms with van der Waals surface area (Å²) in [5.41, 5.74) is 1.10. The van der Waals surface area contributed by atoms with Gasteiger partial charge >= 0.3 is 0 Å². The molecule has 0 saturated heterocycles. The topological polar surface area (TPSA) is 56.3 Å². The molecule has 0 saturated carbocycles. The molecule has 0 atom stereocenters. The third-order valence-corrected chi connectivity index (χ3v) is 4.48. The molecule has 1 aromatic carbocycles. The van der Waals surface area contributed by atoms with Gasteiger partial charge in [-0.05, 0) is 37.6 Å². The minimum Gasteiger partial charge on any atom is -0.493 e. The molecule has 0 fully saturated rings. The molecule has 0 unspecified atom stereocenters. The quantitative estimate of drug-likeness (QED) is 0.768. The van der Waals surface area contributed by atoms with Crippen LogP contribution in [0.1, 0.15) is 16.3 Å². The standard InChI is InChI=1S/C17H19N3O2S/c1-10-7-13-16(19-11(2)20-17(13)23-10)18-9-12-5-6-14(21-3)15(8-12)22-4/h5-8H,9H2,1-4H3,(H,18,19,20). The average molecular weight is 329 g/mol. The lowest BCUT2D eigenvalue weighted by Gasteiger charge is -2.11. The number of nitrogens with one attached hydrogen (secondary N) is 1. The molecule has 1 N–H and O–H groups in total. The summed E-state index contributed by atoms with van der Waals surface area (Å²) < 4.78 is 10.6. The van der Waals surface area contributed by atoms with Crippen LogP contribution in [-0.4, -0.2) is 24.2 Å². The molecule has 6 heteroatoms. The highest BCUT2D eigenvalue weighted by molar-refractivity contribution is 7.18. The fourth-order valence-electron chi connectivity index (χ4n) is 2.46. The minimum absolute atomic E-state index is 0.654. The molecule has 0 amide bonds. The molecule has 23 heavy (non-hydrogen) atoms. The van der Waals surface area contributed by atoms with Crippen molar-refractivity contribution in [2.75, 3.05) is 19.5 Å². The van der Waals surface area contributed by atoms with Gasteiger partial charge in [-0.1, -0.05) is 6.07 Å². The summed E-state index contributed by atoms with van der Waals surface area (Å²) in [7, 11) is 3.27. The third-order valence-electron chi connectivity index (χ3n) is 3.54. The molecule has 0 aliphatic carbocycles. The molecule has 3 aromatic rings. The summed E-state index contributed by atoms with van der Waals surface area (Å²) in [4.78, 5) is 11.3. The van der Waals surface area contributed by atoms with Crippen molar-refractivity contribution in [1.29, 1.82) is 0 Å². The molecule has 0 aliphatic rings. The smallest absolute Gasteiger partial charge is 0.161 e. The fraction of sp³-hybridized carbons (Fsp3) is 0.294. The number of fused-ring (bicyclic) bond motifs is 1. The van der Waals surface area contributed by atoms with Gasteiger partial charge in [0.15, 0.2) is 11.5 Å². The first-order valence-corrected chi connectivity index (χ1v) is 8.12. The normalized spacial score (nSPS) is 10.8. The number of ether oxygens (including phenoxy) is 2. The Labute approximate surface area is 139 Å². The van der Waals surface area contributed by atoms with Crippen molar-refractivity contribution in [2.24, 2.45) is 0 Å². The predicted molar refractivity (Wildman–Crippen MR) is 93.8 cm³/mol. The molecule has 0 aliphatic heterocycles. The number of benzene rings is 1. The Hall–Kier alpha value is -2.34. The Bertz CT molecular complexity index is 845. The summed E-state index contributed by atoms with van der Waals surface area (Å²) in [5, 5.41) is 4.47. The van der Waals surface area contributed by atoms with Crippen molar-refractivity contribution >= 4 is 27.4 Å². The maximum absolute atomic E-state index is 5.34. The predicted octanol–water partition coefficient (Wildman–Crippen LogP) is 3.94. The molecule has 0 spiro atoms. The van der Waals surface area contributed by atoms with E-state index >= 15 is 0 Å². The van der Waals surface area contributed by atoms with Crippen molar-refractivity contribution in [1.82, 2.24) is 9.97 Å². The lowest BCUT2D eigenvalue weighted by atomic mass is 10.2. The highest BCUT2D eigenvalue weighted by atomic mass is 32.1. The van der Waals surface area contributed by atoms with Crippen molar-refractivity contribution in [3.63, 3.8) is 0 Å². The van der Waals surface area contributed by atoms with Gasteiger partial charge in [0.05, 0.1) is 19.6 Å². The molecule has 2 aromatic heterocycles. The number of hydrogen-bond acceptors (Lipinski definition) is 6. The van der Waals surface area contributed by atoms with Gasteiger partial charge in [0.1, 0.15) is 16.5 Å². The summed E-state index contributed by atoms with van der Waals surface area (Å²) in [5.74, 6) is 3.09. The van der Waals surface area contributed by atoms with Gasteiger partial charge in [0.25, 0.3) is 0 Å². The van der Waals surface area contributed by atoms with E-state index in [4.69, 9.17) is 9.47 Å². The van der Waals surface area contributed by atoms with Gasteiger partial charge in [-0.15, -0.1) is 11.3 Å². The molecular formula is C17H19N3O2S. The van der Waals surface area contributed by atoms with Crippen molar-refractivity contribution in [2.45, 2.75) is 20.4 Å². The average Bonchev–Trinajstić information content (AvgIpc) is 2.92. The van der Waals surface area contributed by atoms with Crippen LogP contribution in [0.3, 0.4) is 0 Å². The van der Waals surface area contributed by atoms with E-state index < -0.39 is 0 Å². The molecule has 0 radical (unpaired) electrons. The SMILES string of the molecule is COc1ccc(CNc2nc(C)nc3sc(C)cc23)cc1OC. The molecule has 2 heterocycles. The number of rotatable bonds is 5. The van der Waals surface area contributed by atoms with E-state index in [-0.39, 0.29) is 0 Å². The number of thiophene rings is 1. The van der Waals surface area contributed by atoms with E-state index in [0.29, 0.717) is 6.54 Å². The lowest BCUT2D eigenvalue weighted by Crippen LogP contribution is -2.04. The first-order chi connectivity index (χ1) is 11.1. The van der Waals surface area contributed by atoms with Gasteiger partial charge in [-0.2, -0.15) is 0 Å². The van der Waals surface area contributed by atoms with Crippen molar-refractivity contribution < 1.29 is 9.47 Å². The maximum atomic E-state index is 5.34. The van der Waals surface area contributed by atoms with Crippen molar-refractivity contribution in [3.05, 3.63) is 40.5 Å². The first kappa shape index (κ1) is 15.6. The number of aromatic nitrogens is 2. The van der Waals surface area contributed by atoms with Gasteiger partial charge < -0.3 is 14.8 Å². The Balaban J connectivity index is 1.86. The summed E-state index contributed by atoms with van der Waals surface area (Å²) in [6, 6.07) is 8.01. The van der Waals surface area contributed by atoms with E-state index in [1.54, 1.807) is 25.6 Å². The minimum atomic E-state index is 0.654. The molecule has 5 nitrogen and oxygen atoms in total. The number of nitrogens with zero attached hydrogens (tertiary/aromatic N) is 2. The van der Waals surface area contributed by atoms with Crippen LogP contribution in [0.5, 0.6) is 11.5 Å². The van der Waals surface area contributed by atoms with Crippen LogP contribution >= 0.6 is 11.3 Å². The van der Waals surface area contributed by atoms with E-state index in [1.165, 1.54) is 4.88 Å².